The van der Waals surface area contributed by atoms with Crippen LogP contribution in [0.25, 0.3) is 0 Å². The molecule has 0 spiro atoms. The van der Waals surface area contributed by atoms with Gasteiger partial charge in [-0.2, -0.15) is 0 Å². The first kappa shape index (κ1) is 10.9. The van der Waals surface area contributed by atoms with Gasteiger partial charge in [0, 0.05) is 21.3 Å². The standard InChI is InChI=1S/C9H18O4/c1-6-8(11-3)9(12-4)7(13-6)5-10-2/h6-9H,5H2,1-4H3/t6-,7+,8+,9?/m1/s1. The number of ether oxygens (including phenoxy) is 4. The van der Waals surface area contributed by atoms with Gasteiger partial charge >= 0.3 is 0 Å². The van der Waals surface area contributed by atoms with Gasteiger partial charge in [-0.25, -0.2) is 0 Å². The van der Waals surface area contributed by atoms with Crippen LogP contribution in [0.1, 0.15) is 6.92 Å². The van der Waals surface area contributed by atoms with E-state index in [0.717, 1.165) is 0 Å². The van der Waals surface area contributed by atoms with Gasteiger partial charge in [0.1, 0.15) is 18.3 Å². The molecule has 1 aliphatic heterocycles. The van der Waals surface area contributed by atoms with Crippen LogP contribution in [0, 0.1) is 0 Å². The maximum atomic E-state index is 5.63. The van der Waals surface area contributed by atoms with Crippen LogP contribution in [0.2, 0.25) is 0 Å². The van der Waals surface area contributed by atoms with Crippen molar-refractivity contribution < 1.29 is 18.9 Å². The molecule has 1 aliphatic rings. The van der Waals surface area contributed by atoms with Crippen molar-refractivity contribution in [1.29, 1.82) is 0 Å². The summed E-state index contributed by atoms with van der Waals surface area (Å²) in [5.41, 5.74) is 0. The van der Waals surface area contributed by atoms with Crippen LogP contribution >= 0.6 is 0 Å². The summed E-state index contributed by atoms with van der Waals surface area (Å²) < 4.78 is 21.3. The van der Waals surface area contributed by atoms with Crippen LogP contribution in [-0.4, -0.2) is 52.4 Å². The molecule has 0 aromatic heterocycles. The largest absolute Gasteiger partial charge is 0.382 e. The molecule has 1 fully saturated rings. The van der Waals surface area contributed by atoms with Crippen LogP contribution in [0.4, 0.5) is 0 Å². The normalized spacial score (nSPS) is 39.7. The zero-order chi connectivity index (χ0) is 9.84. The first-order valence-corrected chi connectivity index (χ1v) is 4.44. The Hall–Kier alpha value is -0.160. The Morgan fingerprint density at radius 3 is 2.15 bits per heavy atom. The molecule has 0 amide bonds. The van der Waals surface area contributed by atoms with Crippen molar-refractivity contribution in [3.8, 4) is 0 Å². The lowest BCUT2D eigenvalue weighted by atomic mass is 10.1. The highest BCUT2D eigenvalue weighted by Gasteiger charge is 2.42. The van der Waals surface area contributed by atoms with Crippen molar-refractivity contribution >= 4 is 0 Å². The molecule has 4 nitrogen and oxygen atoms in total. The zero-order valence-corrected chi connectivity index (χ0v) is 8.65. The fourth-order valence-electron chi connectivity index (χ4n) is 1.82. The maximum absolute atomic E-state index is 5.63. The fourth-order valence-corrected chi connectivity index (χ4v) is 1.82. The van der Waals surface area contributed by atoms with Crippen molar-refractivity contribution in [1.82, 2.24) is 0 Å². The topological polar surface area (TPSA) is 36.9 Å². The van der Waals surface area contributed by atoms with Gasteiger partial charge in [-0.15, -0.1) is 0 Å². The first-order chi connectivity index (χ1) is 6.24. The third-order valence-corrected chi connectivity index (χ3v) is 2.42. The summed E-state index contributed by atoms with van der Waals surface area (Å²) in [5.74, 6) is 0. The minimum Gasteiger partial charge on any atom is -0.382 e. The van der Waals surface area contributed by atoms with Crippen molar-refractivity contribution in [2.45, 2.75) is 31.3 Å². The monoisotopic (exact) mass is 190 g/mol. The second kappa shape index (κ2) is 4.91. The Kier molecular flexibility index (Phi) is 4.12. The molecule has 0 aromatic carbocycles. The maximum Gasteiger partial charge on any atom is 0.114 e. The average Bonchev–Trinajstić information content (AvgIpc) is 2.41. The second-order valence-corrected chi connectivity index (χ2v) is 3.24. The van der Waals surface area contributed by atoms with E-state index < -0.39 is 0 Å². The number of methoxy groups -OCH3 is 3. The molecule has 0 bridgehead atoms. The highest BCUT2D eigenvalue weighted by molar-refractivity contribution is 4.90. The van der Waals surface area contributed by atoms with Gasteiger partial charge in [0.05, 0.1) is 12.7 Å². The summed E-state index contributed by atoms with van der Waals surface area (Å²) in [6, 6.07) is 0. The molecular formula is C9H18O4. The highest BCUT2D eigenvalue weighted by atomic mass is 16.6. The van der Waals surface area contributed by atoms with E-state index in [-0.39, 0.29) is 24.4 Å². The van der Waals surface area contributed by atoms with Gasteiger partial charge in [0.15, 0.2) is 0 Å². The Morgan fingerprint density at radius 2 is 1.69 bits per heavy atom. The molecule has 4 heteroatoms. The molecule has 13 heavy (non-hydrogen) atoms. The lowest BCUT2D eigenvalue weighted by molar-refractivity contribution is -0.0471. The number of rotatable bonds is 4. The van der Waals surface area contributed by atoms with E-state index in [0.29, 0.717) is 6.61 Å². The van der Waals surface area contributed by atoms with E-state index in [1.54, 1.807) is 21.3 Å². The molecule has 4 atom stereocenters. The molecule has 78 valence electrons. The van der Waals surface area contributed by atoms with Crippen LogP contribution in [0.5, 0.6) is 0 Å². The molecule has 0 N–H and O–H groups in total. The summed E-state index contributed by atoms with van der Waals surface area (Å²) in [4.78, 5) is 0. The van der Waals surface area contributed by atoms with E-state index in [4.69, 9.17) is 18.9 Å². The summed E-state index contributed by atoms with van der Waals surface area (Å²) in [6.45, 7) is 2.53. The SMILES string of the molecule is COC[C@@H]1O[C@H](C)[C@H](OC)C1OC. The molecular weight excluding hydrogens is 172 g/mol. The molecule has 0 radical (unpaired) electrons. The lowest BCUT2D eigenvalue weighted by Gasteiger charge is -2.20. The van der Waals surface area contributed by atoms with Gasteiger partial charge in [-0.3, -0.25) is 0 Å². The van der Waals surface area contributed by atoms with Crippen molar-refractivity contribution in [3.63, 3.8) is 0 Å². The van der Waals surface area contributed by atoms with Gasteiger partial charge < -0.3 is 18.9 Å². The first-order valence-electron chi connectivity index (χ1n) is 4.44. The van der Waals surface area contributed by atoms with E-state index in [1.807, 2.05) is 6.92 Å². The van der Waals surface area contributed by atoms with Gasteiger partial charge in [0.2, 0.25) is 0 Å². The van der Waals surface area contributed by atoms with E-state index in [1.165, 1.54) is 0 Å². The summed E-state index contributed by atoms with van der Waals surface area (Å²) in [7, 11) is 4.99. The predicted octanol–water partition coefficient (Wildman–Crippen LogP) is 0.450. The van der Waals surface area contributed by atoms with Crippen LogP contribution in [0.15, 0.2) is 0 Å². The molecule has 0 aromatic rings. The Balaban J connectivity index is 2.57. The fraction of sp³-hybridized carbons (Fsp3) is 1.00. The number of hydrogen-bond donors (Lipinski definition) is 0. The highest BCUT2D eigenvalue weighted by Crippen LogP contribution is 2.25. The molecule has 0 aliphatic carbocycles. The summed E-state index contributed by atoms with van der Waals surface area (Å²) >= 11 is 0. The average molecular weight is 190 g/mol. The molecule has 1 heterocycles. The predicted molar refractivity (Wildman–Crippen MR) is 47.8 cm³/mol. The van der Waals surface area contributed by atoms with Crippen molar-refractivity contribution in [3.05, 3.63) is 0 Å². The van der Waals surface area contributed by atoms with Crippen molar-refractivity contribution in [2.75, 3.05) is 27.9 Å². The molecule has 1 unspecified atom stereocenters. The van der Waals surface area contributed by atoms with Crippen LogP contribution in [-0.2, 0) is 18.9 Å². The number of hydrogen-bond acceptors (Lipinski definition) is 4. The quantitative estimate of drug-likeness (QED) is 0.645. The third-order valence-electron chi connectivity index (χ3n) is 2.42. The third kappa shape index (κ3) is 2.20. The molecule has 0 saturated carbocycles. The summed E-state index contributed by atoms with van der Waals surface area (Å²) in [6.07, 6.45) is 0.0233. The molecule has 1 rings (SSSR count). The van der Waals surface area contributed by atoms with Gasteiger partial charge in [-0.1, -0.05) is 0 Å². The second-order valence-electron chi connectivity index (χ2n) is 3.24. The zero-order valence-electron chi connectivity index (χ0n) is 8.65. The Morgan fingerprint density at radius 1 is 1.08 bits per heavy atom. The summed E-state index contributed by atoms with van der Waals surface area (Å²) in [5, 5.41) is 0. The van der Waals surface area contributed by atoms with Crippen molar-refractivity contribution in [2.24, 2.45) is 0 Å². The van der Waals surface area contributed by atoms with E-state index >= 15 is 0 Å². The molecule has 1 saturated heterocycles. The Labute approximate surface area is 79.1 Å². The minimum absolute atomic E-state index is 0.00477. The smallest absolute Gasteiger partial charge is 0.114 e. The van der Waals surface area contributed by atoms with Gasteiger partial charge in [0.25, 0.3) is 0 Å². The minimum atomic E-state index is -0.0278. The van der Waals surface area contributed by atoms with E-state index in [2.05, 4.69) is 0 Å². The Bertz CT molecular complexity index is 151. The van der Waals surface area contributed by atoms with E-state index in [9.17, 15) is 0 Å². The van der Waals surface area contributed by atoms with Gasteiger partial charge in [-0.05, 0) is 6.92 Å². The van der Waals surface area contributed by atoms with Crippen LogP contribution < -0.4 is 0 Å². The van der Waals surface area contributed by atoms with Crippen LogP contribution in [0.3, 0.4) is 0 Å². The lowest BCUT2D eigenvalue weighted by Crippen LogP contribution is -2.37.